The summed E-state index contributed by atoms with van der Waals surface area (Å²) in [5, 5.41) is 18.4. The molecule has 0 atom stereocenters. The molecule has 0 spiro atoms. The fourth-order valence-corrected chi connectivity index (χ4v) is 3.10. The molecule has 3 N–H and O–H groups in total. The topological polar surface area (TPSA) is 95.3 Å². The molecule has 0 aliphatic rings. The number of hydrogen-bond acceptors (Lipinski definition) is 4. The first kappa shape index (κ1) is 14.9. The molecule has 1 heterocycles. The minimum atomic E-state index is -1.97. The fraction of sp³-hybridized carbons (Fsp3) is 0.636. The molecule has 6 nitrogen and oxygen atoms in total. The van der Waals surface area contributed by atoms with Crippen LogP contribution in [0, 0.1) is 6.92 Å². The molecule has 0 aliphatic heterocycles. The van der Waals surface area contributed by atoms with Gasteiger partial charge in [0.15, 0.2) is 0 Å². The summed E-state index contributed by atoms with van der Waals surface area (Å²) < 4.78 is 1.46. The molecular weight excluding hydrogens is 252 g/mol. The largest absolute Gasteiger partial charge is 0.400 e. The highest BCUT2D eigenvalue weighted by Crippen LogP contribution is 2.11. The molecule has 1 aromatic rings. The van der Waals surface area contributed by atoms with Crippen LogP contribution in [0.1, 0.15) is 12.0 Å². The van der Waals surface area contributed by atoms with Crippen LogP contribution in [0.4, 0.5) is 0 Å². The number of nitrogens with zero attached hydrogens (tertiary/aromatic N) is 1. The second-order valence-corrected chi connectivity index (χ2v) is 9.75. The Morgan fingerprint density at radius 1 is 1.33 bits per heavy atom. The maximum absolute atomic E-state index is 11.5. The van der Waals surface area contributed by atoms with Gasteiger partial charge in [-0.25, -0.2) is 4.79 Å². The molecule has 0 radical (unpaired) electrons. The molecule has 0 amide bonds. The van der Waals surface area contributed by atoms with Crippen LogP contribution >= 0.6 is 0 Å². The number of aryl methyl sites for hydroxylation is 2. The number of aliphatic hydroxyl groups excluding tert-OH is 2. The van der Waals surface area contributed by atoms with E-state index in [0.29, 0.717) is 18.5 Å². The molecule has 0 saturated carbocycles. The van der Waals surface area contributed by atoms with Crippen LogP contribution in [0.3, 0.4) is 0 Å². The van der Waals surface area contributed by atoms with Crippen LogP contribution in [-0.4, -0.2) is 40.3 Å². The van der Waals surface area contributed by atoms with Gasteiger partial charge in [-0.2, -0.15) is 0 Å². The zero-order valence-corrected chi connectivity index (χ0v) is 11.8. The van der Waals surface area contributed by atoms with Crippen molar-refractivity contribution in [1.82, 2.24) is 9.55 Å². The van der Waals surface area contributed by atoms with E-state index in [1.54, 1.807) is 6.92 Å². The van der Waals surface area contributed by atoms with Crippen molar-refractivity contribution in [3.8, 4) is 0 Å². The lowest BCUT2D eigenvalue weighted by Gasteiger charge is -2.21. The Labute approximate surface area is 106 Å². The standard InChI is InChI=1S/C11H20N2O4Si/c1-9-6-13(11(17)12-10(9)16)4-3-5-18(2,7-14)8-15/h6,14-15H,3-5,7-8H2,1-2H3,(H,12,16,17). The average Bonchev–Trinajstić information content (AvgIpc) is 2.35. The van der Waals surface area contributed by atoms with Crippen molar-refractivity contribution in [2.75, 3.05) is 12.5 Å². The van der Waals surface area contributed by atoms with E-state index < -0.39 is 13.8 Å². The van der Waals surface area contributed by atoms with Crippen molar-refractivity contribution >= 4 is 8.07 Å². The molecule has 0 aromatic carbocycles. The summed E-state index contributed by atoms with van der Waals surface area (Å²) >= 11 is 0. The third-order valence-electron chi connectivity index (χ3n) is 3.13. The summed E-state index contributed by atoms with van der Waals surface area (Å²) in [5.74, 6) is 0. The smallest absolute Gasteiger partial charge is 0.328 e. The molecule has 7 heteroatoms. The minimum absolute atomic E-state index is 0.0447. The number of aliphatic hydroxyl groups is 2. The Bertz CT molecular complexity index is 505. The van der Waals surface area contributed by atoms with Gasteiger partial charge >= 0.3 is 5.69 Å². The maximum Gasteiger partial charge on any atom is 0.328 e. The van der Waals surface area contributed by atoms with Gasteiger partial charge in [-0.15, -0.1) is 0 Å². The van der Waals surface area contributed by atoms with Crippen LogP contribution in [0.2, 0.25) is 12.6 Å². The quantitative estimate of drug-likeness (QED) is 0.601. The lowest BCUT2D eigenvalue weighted by atomic mass is 10.4. The number of H-pyrrole nitrogens is 1. The molecule has 0 fully saturated rings. The van der Waals surface area contributed by atoms with E-state index in [-0.39, 0.29) is 18.0 Å². The van der Waals surface area contributed by atoms with Gasteiger partial charge in [0.05, 0.1) is 0 Å². The summed E-state index contributed by atoms with van der Waals surface area (Å²) in [4.78, 5) is 24.9. The predicted octanol–water partition coefficient (Wildman–Crippen LogP) is -0.623. The summed E-state index contributed by atoms with van der Waals surface area (Å²) in [5.41, 5.74) is -0.276. The number of aromatic amines is 1. The molecule has 0 bridgehead atoms. The summed E-state index contributed by atoms with van der Waals surface area (Å²) in [6.45, 7) is 4.06. The van der Waals surface area contributed by atoms with Gasteiger partial charge in [0.2, 0.25) is 0 Å². The highest BCUT2D eigenvalue weighted by atomic mass is 28.3. The lowest BCUT2D eigenvalue weighted by molar-refractivity contribution is 0.320. The molecule has 18 heavy (non-hydrogen) atoms. The van der Waals surface area contributed by atoms with Crippen LogP contribution in [-0.2, 0) is 6.54 Å². The molecule has 1 rings (SSSR count). The van der Waals surface area contributed by atoms with E-state index in [2.05, 4.69) is 4.98 Å². The molecule has 1 aromatic heterocycles. The first-order chi connectivity index (χ1) is 8.41. The van der Waals surface area contributed by atoms with Crippen molar-refractivity contribution in [2.24, 2.45) is 0 Å². The van der Waals surface area contributed by atoms with E-state index in [1.807, 2.05) is 6.55 Å². The lowest BCUT2D eigenvalue weighted by Crippen LogP contribution is -2.40. The molecule has 102 valence electrons. The van der Waals surface area contributed by atoms with Gasteiger partial charge in [-0.1, -0.05) is 12.6 Å². The monoisotopic (exact) mass is 272 g/mol. The van der Waals surface area contributed by atoms with Crippen molar-refractivity contribution in [3.05, 3.63) is 32.6 Å². The van der Waals surface area contributed by atoms with Gasteiger partial charge in [0.1, 0.15) is 8.07 Å². The van der Waals surface area contributed by atoms with E-state index in [1.165, 1.54) is 10.8 Å². The van der Waals surface area contributed by atoms with Gasteiger partial charge < -0.3 is 14.8 Å². The first-order valence-corrected chi connectivity index (χ1v) is 9.06. The summed E-state index contributed by atoms with van der Waals surface area (Å²) in [7, 11) is -1.97. The zero-order chi connectivity index (χ0) is 13.8. The summed E-state index contributed by atoms with van der Waals surface area (Å²) in [6.07, 6.45) is 2.33. The average molecular weight is 272 g/mol. The van der Waals surface area contributed by atoms with E-state index in [4.69, 9.17) is 0 Å². The maximum atomic E-state index is 11.5. The highest BCUT2D eigenvalue weighted by molar-refractivity contribution is 6.78. The Kier molecular flexibility index (Phi) is 5.06. The van der Waals surface area contributed by atoms with Gasteiger partial charge in [0.25, 0.3) is 5.56 Å². The second-order valence-electron chi connectivity index (χ2n) is 5.00. The first-order valence-electron chi connectivity index (χ1n) is 5.94. The zero-order valence-electron chi connectivity index (χ0n) is 10.8. The van der Waals surface area contributed by atoms with Gasteiger partial charge in [-0.3, -0.25) is 9.78 Å². The molecule has 0 aliphatic carbocycles. The Morgan fingerprint density at radius 2 is 1.94 bits per heavy atom. The highest BCUT2D eigenvalue weighted by Gasteiger charge is 2.24. The van der Waals surface area contributed by atoms with Crippen LogP contribution < -0.4 is 11.2 Å². The van der Waals surface area contributed by atoms with Crippen LogP contribution in [0.5, 0.6) is 0 Å². The van der Waals surface area contributed by atoms with Crippen molar-refractivity contribution in [1.29, 1.82) is 0 Å². The predicted molar refractivity (Wildman–Crippen MR) is 71.3 cm³/mol. The number of nitrogens with one attached hydrogen (secondary N) is 1. The van der Waals surface area contributed by atoms with Crippen molar-refractivity contribution in [3.63, 3.8) is 0 Å². The van der Waals surface area contributed by atoms with Gasteiger partial charge in [0, 0.05) is 30.8 Å². The third kappa shape index (κ3) is 3.66. The van der Waals surface area contributed by atoms with Crippen LogP contribution in [0.15, 0.2) is 15.8 Å². The second kappa shape index (κ2) is 6.12. The van der Waals surface area contributed by atoms with Crippen molar-refractivity contribution in [2.45, 2.75) is 32.5 Å². The number of hydrogen-bond donors (Lipinski definition) is 3. The minimum Gasteiger partial charge on any atom is -0.400 e. The van der Waals surface area contributed by atoms with Crippen molar-refractivity contribution < 1.29 is 10.2 Å². The van der Waals surface area contributed by atoms with Gasteiger partial charge in [-0.05, 0) is 13.3 Å². The molecular formula is C11H20N2O4Si. The Morgan fingerprint density at radius 3 is 2.50 bits per heavy atom. The van der Waals surface area contributed by atoms with E-state index in [9.17, 15) is 19.8 Å². The van der Waals surface area contributed by atoms with E-state index >= 15 is 0 Å². The number of aromatic nitrogens is 2. The SMILES string of the molecule is Cc1cn(CCC[Si](C)(CO)CO)c(=O)[nH]c1=O. The molecule has 0 saturated heterocycles. The third-order valence-corrected chi connectivity index (χ3v) is 6.22. The molecule has 0 unspecified atom stereocenters. The fourth-order valence-electron chi connectivity index (χ4n) is 1.67. The normalized spacial score (nSPS) is 11.8. The Balaban J connectivity index is 2.68. The van der Waals surface area contributed by atoms with Crippen LogP contribution in [0.25, 0.3) is 0 Å². The summed E-state index contributed by atoms with van der Waals surface area (Å²) in [6, 6.07) is 0.741. The number of rotatable bonds is 6. The van der Waals surface area contributed by atoms with E-state index in [0.717, 1.165) is 6.04 Å². The Hall–Kier alpha value is -1.18.